The fourth-order valence-electron chi connectivity index (χ4n) is 2.50. The van der Waals surface area contributed by atoms with Crippen LogP contribution in [0, 0.1) is 0 Å². The minimum Gasteiger partial charge on any atom is -0.478 e. The number of carboxylic acid groups (broad SMARTS) is 1. The molecule has 1 aliphatic heterocycles. The standard InChI is InChI=1S/C16H20N2O4/c1-18-10-13(7-9-15(18)20)17-14(19)8-4-11-2-5-12(6-3-11)16(21)22/h2-3,5-6,13H,4,7-10H2,1H3,(H,17,19)(H,21,22). The van der Waals surface area contributed by atoms with Crippen LogP contribution in [0.5, 0.6) is 0 Å². The van der Waals surface area contributed by atoms with E-state index >= 15 is 0 Å². The third-order valence-corrected chi connectivity index (χ3v) is 3.83. The number of carbonyl (C=O) groups excluding carboxylic acids is 2. The zero-order valence-electron chi connectivity index (χ0n) is 12.5. The molecule has 2 amide bonds. The topological polar surface area (TPSA) is 86.7 Å². The molecule has 0 spiro atoms. The number of likely N-dealkylation sites (tertiary alicyclic amines) is 1. The molecule has 118 valence electrons. The Hall–Kier alpha value is -2.37. The number of rotatable bonds is 5. The van der Waals surface area contributed by atoms with Crippen molar-refractivity contribution in [2.75, 3.05) is 13.6 Å². The van der Waals surface area contributed by atoms with Crippen molar-refractivity contribution < 1.29 is 19.5 Å². The van der Waals surface area contributed by atoms with E-state index in [9.17, 15) is 14.4 Å². The van der Waals surface area contributed by atoms with E-state index in [1.54, 1.807) is 24.1 Å². The summed E-state index contributed by atoms with van der Waals surface area (Å²) in [4.78, 5) is 35.7. The third-order valence-electron chi connectivity index (χ3n) is 3.83. The number of likely N-dealkylation sites (N-methyl/N-ethyl adjacent to an activating group) is 1. The Morgan fingerprint density at radius 1 is 1.32 bits per heavy atom. The SMILES string of the molecule is CN1CC(NC(=O)CCc2ccc(C(=O)O)cc2)CCC1=O. The van der Waals surface area contributed by atoms with Crippen LogP contribution in [0.2, 0.25) is 0 Å². The predicted octanol–water partition coefficient (Wildman–Crippen LogP) is 1.05. The van der Waals surface area contributed by atoms with Crippen molar-refractivity contribution in [3.8, 4) is 0 Å². The van der Waals surface area contributed by atoms with E-state index in [2.05, 4.69) is 5.32 Å². The first-order chi connectivity index (χ1) is 10.5. The summed E-state index contributed by atoms with van der Waals surface area (Å²) in [5, 5.41) is 11.8. The highest BCUT2D eigenvalue weighted by molar-refractivity contribution is 5.87. The largest absolute Gasteiger partial charge is 0.478 e. The fourth-order valence-corrected chi connectivity index (χ4v) is 2.50. The molecular formula is C16H20N2O4. The van der Waals surface area contributed by atoms with E-state index in [0.717, 1.165) is 5.56 Å². The van der Waals surface area contributed by atoms with E-state index in [-0.39, 0.29) is 23.4 Å². The first-order valence-corrected chi connectivity index (χ1v) is 7.31. The Balaban J connectivity index is 1.78. The predicted molar refractivity (Wildman–Crippen MR) is 80.5 cm³/mol. The lowest BCUT2D eigenvalue weighted by Gasteiger charge is -2.30. The molecule has 0 radical (unpaired) electrons. The highest BCUT2D eigenvalue weighted by Crippen LogP contribution is 2.11. The molecule has 1 aromatic rings. The first kappa shape index (κ1) is 16.0. The quantitative estimate of drug-likeness (QED) is 0.851. The van der Waals surface area contributed by atoms with Crippen molar-refractivity contribution >= 4 is 17.8 Å². The van der Waals surface area contributed by atoms with Gasteiger partial charge in [0.05, 0.1) is 5.56 Å². The number of carboxylic acids is 1. The lowest BCUT2D eigenvalue weighted by Crippen LogP contribution is -2.48. The monoisotopic (exact) mass is 304 g/mol. The van der Waals surface area contributed by atoms with Crippen molar-refractivity contribution in [3.63, 3.8) is 0 Å². The van der Waals surface area contributed by atoms with Gasteiger partial charge in [-0.15, -0.1) is 0 Å². The molecule has 0 aromatic heterocycles. The van der Waals surface area contributed by atoms with Crippen molar-refractivity contribution in [2.24, 2.45) is 0 Å². The van der Waals surface area contributed by atoms with Gasteiger partial charge in [-0.2, -0.15) is 0 Å². The zero-order valence-corrected chi connectivity index (χ0v) is 12.5. The third kappa shape index (κ3) is 4.31. The van der Waals surface area contributed by atoms with Crippen molar-refractivity contribution in [3.05, 3.63) is 35.4 Å². The molecule has 6 heteroatoms. The summed E-state index contributed by atoms with van der Waals surface area (Å²) < 4.78 is 0. The van der Waals surface area contributed by atoms with Gasteiger partial charge >= 0.3 is 5.97 Å². The molecule has 1 fully saturated rings. The molecule has 1 saturated heterocycles. The molecule has 6 nitrogen and oxygen atoms in total. The van der Waals surface area contributed by atoms with Gasteiger partial charge in [0.1, 0.15) is 0 Å². The average Bonchev–Trinajstić information content (AvgIpc) is 2.49. The van der Waals surface area contributed by atoms with Crippen LogP contribution in [0.1, 0.15) is 35.2 Å². The minimum absolute atomic E-state index is 0.0181. The molecule has 2 N–H and O–H groups in total. The molecule has 22 heavy (non-hydrogen) atoms. The second-order valence-electron chi connectivity index (χ2n) is 5.58. The van der Waals surface area contributed by atoms with Gasteiger partial charge in [0, 0.05) is 32.5 Å². The number of nitrogens with one attached hydrogen (secondary N) is 1. The molecule has 0 bridgehead atoms. The fraction of sp³-hybridized carbons (Fsp3) is 0.438. The number of carbonyl (C=O) groups is 3. The number of aryl methyl sites for hydroxylation is 1. The molecule has 1 unspecified atom stereocenters. The maximum Gasteiger partial charge on any atom is 0.335 e. The van der Waals surface area contributed by atoms with Crippen molar-refractivity contribution in [2.45, 2.75) is 31.7 Å². The highest BCUT2D eigenvalue weighted by atomic mass is 16.4. The molecule has 1 heterocycles. The second-order valence-corrected chi connectivity index (χ2v) is 5.58. The molecule has 0 aliphatic carbocycles. The van der Waals surface area contributed by atoms with Crippen LogP contribution >= 0.6 is 0 Å². The van der Waals surface area contributed by atoms with Crippen molar-refractivity contribution in [1.82, 2.24) is 10.2 Å². The molecular weight excluding hydrogens is 284 g/mol. The Morgan fingerprint density at radius 3 is 2.59 bits per heavy atom. The van der Waals surface area contributed by atoms with Crippen molar-refractivity contribution in [1.29, 1.82) is 0 Å². The molecule has 1 atom stereocenters. The van der Waals surface area contributed by atoms with Gasteiger partial charge in [0.25, 0.3) is 0 Å². The summed E-state index contributed by atoms with van der Waals surface area (Å²) >= 11 is 0. The number of hydrogen-bond acceptors (Lipinski definition) is 3. The number of aromatic carboxylic acids is 1. The van der Waals surface area contributed by atoms with E-state index in [1.807, 2.05) is 0 Å². The Morgan fingerprint density at radius 2 is 2.00 bits per heavy atom. The maximum absolute atomic E-state index is 11.9. The van der Waals surface area contributed by atoms with E-state index in [4.69, 9.17) is 5.11 Å². The average molecular weight is 304 g/mol. The van der Waals surface area contributed by atoms with Gasteiger partial charge in [-0.05, 0) is 30.5 Å². The Labute approximate surface area is 129 Å². The van der Waals surface area contributed by atoms with Gasteiger partial charge < -0.3 is 15.3 Å². The smallest absolute Gasteiger partial charge is 0.335 e. The number of amides is 2. The molecule has 1 aliphatic rings. The summed E-state index contributed by atoms with van der Waals surface area (Å²) in [5.41, 5.74) is 1.17. The van der Waals surface area contributed by atoms with Crippen LogP contribution in [0.4, 0.5) is 0 Å². The Bertz CT molecular complexity index is 568. The lowest BCUT2D eigenvalue weighted by atomic mass is 10.0. The van der Waals surface area contributed by atoms with E-state index in [0.29, 0.717) is 32.2 Å². The van der Waals surface area contributed by atoms with Gasteiger partial charge in [-0.3, -0.25) is 9.59 Å². The highest BCUT2D eigenvalue weighted by Gasteiger charge is 2.23. The van der Waals surface area contributed by atoms with Gasteiger partial charge in [0.2, 0.25) is 11.8 Å². The van der Waals surface area contributed by atoms with Crippen LogP contribution in [-0.4, -0.2) is 47.4 Å². The van der Waals surface area contributed by atoms with Crippen LogP contribution in [0.25, 0.3) is 0 Å². The summed E-state index contributed by atoms with van der Waals surface area (Å²) in [7, 11) is 1.74. The lowest BCUT2D eigenvalue weighted by molar-refractivity contribution is -0.134. The Kier molecular flexibility index (Phi) is 5.14. The van der Waals surface area contributed by atoms with Gasteiger partial charge in [-0.1, -0.05) is 12.1 Å². The number of nitrogens with zero attached hydrogens (tertiary/aromatic N) is 1. The molecule has 0 saturated carbocycles. The molecule has 2 rings (SSSR count). The van der Waals surface area contributed by atoms with E-state index in [1.165, 1.54) is 12.1 Å². The van der Waals surface area contributed by atoms with Crippen LogP contribution < -0.4 is 5.32 Å². The van der Waals surface area contributed by atoms with E-state index < -0.39 is 5.97 Å². The summed E-state index contributed by atoms with van der Waals surface area (Å²) in [6.07, 6.45) is 2.06. The van der Waals surface area contributed by atoms with Gasteiger partial charge in [-0.25, -0.2) is 4.79 Å². The van der Waals surface area contributed by atoms with Crippen LogP contribution in [0.3, 0.4) is 0 Å². The number of piperidine rings is 1. The summed E-state index contributed by atoms with van der Waals surface area (Å²) in [5.74, 6) is -0.890. The minimum atomic E-state index is -0.958. The second kappa shape index (κ2) is 7.06. The first-order valence-electron chi connectivity index (χ1n) is 7.31. The zero-order chi connectivity index (χ0) is 16.1. The number of hydrogen-bond donors (Lipinski definition) is 2. The normalized spacial score (nSPS) is 18.1. The summed E-state index contributed by atoms with van der Waals surface area (Å²) in [6, 6.07) is 6.55. The maximum atomic E-state index is 11.9. The summed E-state index contributed by atoms with van der Waals surface area (Å²) in [6.45, 7) is 0.553. The number of benzene rings is 1. The van der Waals surface area contributed by atoms with Crippen LogP contribution in [0.15, 0.2) is 24.3 Å². The van der Waals surface area contributed by atoms with Gasteiger partial charge in [0.15, 0.2) is 0 Å². The van der Waals surface area contributed by atoms with Crippen LogP contribution in [-0.2, 0) is 16.0 Å². The molecule has 1 aromatic carbocycles.